The zero-order valence-electron chi connectivity index (χ0n) is 39.7. The van der Waals surface area contributed by atoms with E-state index < -0.39 is 49.4 Å². The van der Waals surface area contributed by atoms with Gasteiger partial charge in [0.15, 0.2) is 12.4 Å². The van der Waals surface area contributed by atoms with Gasteiger partial charge in [-0.15, -0.1) is 0 Å². The second-order valence-electron chi connectivity index (χ2n) is 18.3. The molecule has 0 aliphatic carbocycles. The molecule has 0 saturated carbocycles. The van der Waals surface area contributed by atoms with Crippen LogP contribution in [-0.4, -0.2) is 89.0 Å². The zero-order chi connectivity index (χ0) is 44.4. The molecule has 4 N–H and O–H groups in total. The molecule has 1 fully saturated rings. The summed E-state index contributed by atoms with van der Waals surface area (Å²) < 4.78 is 22.2. The molecule has 1 aliphatic rings. The van der Waals surface area contributed by atoms with E-state index in [0.29, 0.717) is 6.42 Å². The number of esters is 2. The van der Waals surface area contributed by atoms with Crippen molar-refractivity contribution in [2.24, 2.45) is 0 Å². The second-order valence-corrected chi connectivity index (χ2v) is 18.3. The molecular weight excluding hydrogens is 773 g/mol. The standard InChI is InChI=1S/C51H98O10/c1-3-5-7-9-11-13-15-17-18-19-20-21-22-23-24-25-26-28-29-31-33-35-37-39-46(53)58-42-44(43-59-51-50(57)49(56)48(55)45(41-52)61-51)60-47(54)40-38-36-34-32-30-27-16-14-12-10-8-6-4-2/h44-45,48-52,55-57H,3-43H2,1-2H3/t44-,45-,48+,49?,50?,51-/m0/s1. The van der Waals surface area contributed by atoms with Crippen LogP contribution in [0.3, 0.4) is 0 Å². The monoisotopic (exact) mass is 871 g/mol. The first-order valence-corrected chi connectivity index (χ1v) is 26.1. The zero-order valence-corrected chi connectivity index (χ0v) is 39.7. The van der Waals surface area contributed by atoms with Crippen molar-refractivity contribution in [3.63, 3.8) is 0 Å². The van der Waals surface area contributed by atoms with Gasteiger partial charge in [-0.2, -0.15) is 0 Å². The summed E-state index contributed by atoms with van der Waals surface area (Å²) >= 11 is 0. The normalized spacial score (nSPS) is 19.6. The Morgan fingerprint density at radius 3 is 1.11 bits per heavy atom. The summed E-state index contributed by atoms with van der Waals surface area (Å²) in [6.07, 6.45) is 38.3. The summed E-state index contributed by atoms with van der Waals surface area (Å²) in [5.41, 5.74) is 0. The first-order chi connectivity index (χ1) is 29.8. The van der Waals surface area contributed by atoms with Gasteiger partial charge < -0.3 is 39.4 Å². The third-order valence-electron chi connectivity index (χ3n) is 12.5. The van der Waals surface area contributed by atoms with Gasteiger partial charge in [0.25, 0.3) is 0 Å². The quantitative estimate of drug-likeness (QED) is 0.0344. The van der Waals surface area contributed by atoms with E-state index >= 15 is 0 Å². The molecule has 0 amide bonds. The largest absolute Gasteiger partial charge is 0.462 e. The van der Waals surface area contributed by atoms with Crippen molar-refractivity contribution < 1.29 is 49.0 Å². The molecule has 1 aliphatic heterocycles. The first-order valence-electron chi connectivity index (χ1n) is 26.1. The van der Waals surface area contributed by atoms with Crippen LogP contribution in [0.15, 0.2) is 0 Å². The Balaban J connectivity index is 2.19. The summed E-state index contributed by atoms with van der Waals surface area (Å²) in [5.74, 6) is -0.787. The minimum Gasteiger partial charge on any atom is -0.462 e. The lowest BCUT2D eigenvalue weighted by atomic mass is 9.99. The van der Waals surface area contributed by atoms with Crippen LogP contribution in [0.25, 0.3) is 0 Å². The highest BCUT2D eigenvalue weighted by atomic mass is 16.7. The Hall–Kier alpha value is -1.30. The number of aliphatic hydroxyl groups excluding tert-OH is 4. The summed E-state index contributed by atoms with van der Waals surface area (Å²) in [4.78, 5) is 25.4. The van der Waals surface area contributed by atoms with Crippen LogP contribution < -0.4 is 0 Å². The summed E-state index contributed by atoms with van der Waals surface area (Å²) in [6, 6.07) is 0. The summed E-state index contributed by atoms with van der Waals surface area (Å²) in [6.45, 7) is 3.47. The van der Waals surface area contributed by atoms with E-state index in [1.165, 1.54) is 186 Å². The lowest BCUT2D eigenvalue weighted by molar-refractivity contribution is -0.305. The Morgan fingerprint density at radius 2 is 0.770 bits per heavy atom. The van der Waals surface area contributed by atoms with Gasteiger partial charge in [0.05, 0.1) is 13.2 Å². The van der Waals surface area contributed by atoms with Gasteiger partial charge in [0, 0.05) is 12.8 Å². The van der Waals surface area contributed by atoms with Crippen molar-refractivity contribution in [1.82, 2.24) is 0 Å². The molecule has 0 aromatic rings. The number of hydrogen-bond donors (Lipinski definition) is 4. The highest BCUT2D eigenvalue weighted by Gasteiger charge is 2.44. The Kier molecular flexibility index (Phi) is 40.3. The maximum Gasteiger partial charge on any atom is 0.306 e. The molecule has 1 heterocycles. The van der Waals surface area contributed by atoms with E-state index in [4.69, 9.17) is 18.9 Å². The van der Waals surface area contributed by atoms with Gasteiger partial charge in [-0.3, -0.25) is 9.59 Å². The Bertz CT molecular complexity index is 964. The molecule has 10 nitrogen and oxygen atoms in total. The predicted octanol–water partition coefficient (Wildman–Crippen LogP) is 12.1. The predicted molar refractivity (Wildman–Crippen MR) is 247 cm³/mol. The average molecular weight is 871 g/mol. The van der Waals surface area contributed by atoms with E-state index in [-0.39, 0.29) is 32.0 Å². The first kappa shape index (κ1) is 57.7. The molecule has 362 valence electrons. The molecule has 1 rings (SSSR count). The van der Waals surface area contributed by atoms with Crippen LogP contribution in [0, 0.1) is 0 Å². The van der Waals surface area contributed by atoms with Crippen molar-refractivity contribution in [3.05, 3.63) is 0 Å². The van der Waals surface area contributed by atoms with Crippen molar-refractivity contribution in [2.75, 3.05) is 19.8 Å². The van der Waals surface area contributed by atoms with Crippen molar-refractivity contribution in [2.45, 2.75) is 295 Å². The van der Waals surface area contributed by atoms with E-state index in [2.05, 4.69) is 13.8 Å². The van der Waals surface area contributed by atoms with Crippen LogP contribution in [-0.2, 0) is 28.5 Å². The molecule has 1 saturated heterocycles. The van der Waals surface area contributed by atoms with E-state index in [0.717, 1.165) is 38.5 Å². The molecule has 0 aromatic heterocycles. The highest BCUT2D eigenvalue weighted by molar-refractivity contribution is 5.70. The van der Waals surface area contributed by atoms with Gasteiger partial charge in [0.1, 0.15) is 31.0 Å². The molecule has 61 heavy (non-hydrogen) atoms. The van der Waals surface area contributed by atoms with Gasteiger partial charge in [-0.25, -0.2) is 0 Å². The number of carbonyl (C=O) groups excluding carboxylic acids is 2. The summed E-state index contributed by atoms with van der Waals surface area (Å²) in [7, 11) is 0. The smallest absolute Gasteiger partial charge is 0.306 e. The molecule has 0 bridgehead atoms. The number of unbranched alkanes of at least 4 members (excludes halogenated alkanes) is 34. The summed E-state index contributed by atoms with van der Waals surface area (Å²) in [5, 5.41) is 40.2. The molecule has 10 heteroatoms. The fourth-order valence-electron chi connectivity index (χ4n) is 8.37. The Labute approximate surface area is 374 Å². The molecular formula is C51H98O10. The second kappa shape index (κ2) is 42.6. The van der Waals surface area contributed by atoms with Crippen molar-refractivity contribution in [1.29, 1.82) is 0 Å². The van der Waals surface area contributed by atoms with Gasteiger partial charge in [-0.1, -0.05) is 232 Å². The van der Waals surface area contributed by atoms with E-state index in [1.54, 1.807) is 0 Å². The third-order valence-corrected chi connectivity index (χ3v) is 12.5. The fourth-order valence-corrected chi connectivity index (χ4v) is 8.37. The lowest BCUT2D eigenvalue weighted by Gasteiger charge is -2.39. The number of hydrogen-bond acceptors (Lipinski definition) is 10. The number of ether oxygens (including phenoxy) is 4. The number of carbonyl (C=O) groups is 2. The maximum atomic E-state index is 12.8. The molecule has 0 radical (unpaired) electrons. The average Bonchev–Trinajstić information content (AvgIpc) is 3.26. The maximum absolute atomic E-state index is 12.8. The minimum absolute atomic E-state index is 0.208. The third kappa shape index (κ3) is 33.8. The van der Waals surface area contributed by atoms with Crippen molar-refractivity contribution >= 4 is 11.9 Å². The number of aliphatic hydroxyl groups is 4. The van der Waals surface area contributed by atoms with E-state index in [9.17, 15) is 30.0 Å². The highest BCUT2D eigenvalue weighted by Crippen LogP contribution is 2.23. The van der Waals surface area contributed by atoms with Crippen LogP contribution in [0.2, 0.25) is 0 Å². The van der Waals surface area contributed by atoms with Crippen LogP contribution in [0.5, 0.6) is 0 Å². The SMILES string of the molecule is CCCCCCCCCCCCCCCCCCCCCCCCCC(=O)OC[C@@H](CO[C@H]1O[C@@H](CO)[C@@H](O)C(O)C1O)OC(=O)CCCCCCCCCCCCCCC. The van der Waals surface area contributed by atoms with Gasteiger partial charge >= 0.3 is 11.9 Å². The van der Waals surface area contributed by atoms with Crippen LogP contribution in [0.1, 0.15) is 258 Å². The molecule has 0 spiro atoms. The van der Waals surface area contributed by atoms with Gasteiger partial charge in [-0.05, 0) is 12.8 Å². The number of rotatable bonds is 45. The van der Waals surface area contributed by atoms with Crippen LogP contribution >= 0.6 is 0 Å². The topological polar surface area (TPSA) is 152 Å². The Morgan fingerprint density at radius 1 is 0.443 bits per heavy atom. The van der Waals surface area contributed by atoms with Crippen molar-refractivity contribution in [3.8, 4) is 0 Å². The molecule has 2 unspecified atom stereocenters. The molecule has 6 atom stereocenters. The van der Waals surface area contributed by atoms with Gasteiger partial charge in [0.2, 0.25) is 0 Å². The van der Waals surface area contributed by atoms with E-state index in [1.807, 2.05) is 0 Å². The lowest BCUT2D eigenvalue weighted by Crippen LogP contribution is -2.59. The molecule has 0 aromatic carbocycles. The fraction of sp³-hybridized carbons (Fsp3) is 0.961. The minimum atomic E-state index is -1.59. The van der Waals surface area contributed by atoms with Crippen LogP contribution in [0.4, 0.5) is 0 Å².